The third-order valence-corrected chi connectivity index (χ3v) is 20.0. The molecule has 5 rings (SSSR count). The number of methoxy groups -OCH3 is 4. The van der Waals surface area contributed by atoms with Gasteiger partial charge in [0.2, 0.25) is 0 Å². The monoisotopic (exact) mass is 672 g/mol. The maximum Gasteiger partial charge on any atom is 0.520 e. The van der Waals surface area contributed by atoms with Crippen molar-refractivity contribution >= 4 is 56.0 Å². The van der Waals surface area contributed by atoms with Gasteiger partial charge in [0, 0.05) is 20.7 Å². The first kappa shape index (κ1) is 32.0. The fourth-order valence-electron chi connectivity index (χ4n) is 4.51. The maximum absolute atomic E-state index is 12.2. The fourth-order valence-corrected chi connectivity index (χ4v) is 18.8. The third-order valence-electron chi connectivity index (χ3n) is 6.93. The second-order valence-corrected chi connectivity index (χ2v) is 19.9. The van der Waals surface area contributed by atoms with Crippen molar-refractivity contribution in [2.45, 2.75) is 0 Å². The molecule has 1 heterocycles. The van der Waals surface area contributed by atoms with E-state index >= 15 is 0 Å². The minimum atomic E-state index is -4.84. The zero-order valence-electron chi connectivity index (χ0n) is 24.3. The van der Waals surface area contributed by atoms with E-state index in [2.05, 4.69) is 0 Å². The normalized spacial score (nSPS) is 27.1. The molecular formula is C28H32O12Si4. The van der Waals surface area contributed by atoms with Crippen LogP contribution in [0.1, 0.15) is 0 Å². The van der Waals surface area contributed by atoms with Gasteiger partial charge in [0.05, 0.1) is 28.4 Å². The minimum Gasteiger partial charge on any atom is -0.497 e. The van der Waals surface area contributed by atoms with Gasteiger partial charge in [-0.15, -0.1) is 0 Å². The second kappa shape index (κ2) is 12.6. The van der Waals surface area contributed by atoms with Crippen LogP contribution in [-0.2, 0) is 16.5 Å². The summed E-state index contributed by atoms with van der Waals surface area (Å²) >= 11 is 0. The molecule has 4 aromatic rings. The van der Waals surface area contributed by atoms with Crippen molar-refractivity contribution in [3.05, 3.63) is 97.1 Å². The topological polar surface area (TPSA) is 155 Å². The van der Waals surface area contributed by atoms with E-state index in [1.165, 1.54) is 77.0 Å². The van der Waals surface area contributed by atoms with Crippen LogP contribution < -0.4 is 39.7 Å². The van der Waals surface area contributed by atoms with Gasteiger partial charge in [-0.25, -0.2) is 0 Å². The predicted octanol–water partition coefficient (Wildman–Crippen LogP) is -0.546. The van der Waals surface area contributed by atoms with E-state index in [0.717, 1.165) is 0 Å². The van der Waals surface area contributed by atoms with Gasteiger partial charge in [0.15, 0.2) is 0 Å². The first-order chi connectivity index (χ1) is 21.0. The van der Waals surface area contributed by atoms with Crippen molar-refractivity contribution in [3.8, 4) is 23.0 Å². The van der Waals surface area contributed by atoms with E-state index in [4.69, 9.17) is 35.4 Å². The molecule has 0 spiro atoms. The lowest BCUT2D eigenvalue weighted by atomic mass is 10.3. The molecule has 1 fully saturated rings. The highest BCUT2D eigenvalue weighted by atomic mass is 28.6. The summed E-state index contributed by atoms with van der Waals surface area (Å²) in [6.45, 7) is 0. The lowest BCUT2D eigenvalue weighted by molar-refractivity contribution is 0.0938. The number of rotatable bonds is 8. The zero-order valence-corrected chi connectivity index (χ0v) is 28.3. The molecule has 0 amide bonds. The van der Waals surface area contributed by atoms with E-state index in [1.807, 2.05) is 0 Å². The van der Waals surface area contributed by atoms with Crippen molar-refractivity contribution in [2.75, 3.05) is 28.4 Å². The lowest BCUT2D eigenvalue weighted by Crippen LogP contribution is -2.80. The van der Waals surface area contributed by atoms with Gasteiger partial charge in [-0.1, -0.05) is 48.5 Å². The van der Waals surface area contributed by atoms with Gasteiger partial charge in [0.25, 0.3) is 0 Å². The van der Waals surface area contributed by atoms with Crippen molar-refractivity contribution in [2.24, 2.45) is 0 Å². The van der Waals surface area contributed by atoms with E-state index in [9.17, 15) is 19.2 Å². The van der Waals surface area contributed by atoms with E-state index in [-0.39, 0.29) is 20.7 Å². The van der Waals surface area contributed by atoms with Gasteiger partial charge in [-0.3, -0.25) is 0 Å². The Bertz CT molecular complexity index is 1310. The summed E-state index contributed by atoms with van der Waals surface area (Å²) < 4.78 is 45.8. The molecule has 16 heteroatoms. The van der Waals surface area contributed by atoms with Crippen LogP contribution in [0, 0.1) is 0 Å². The predicted molar refractivity (Wildman–Crippen MR) is 167 cm³/mol. The summed E-state index contributed by atoms with van der Waals surface area (Å²) in [5, 5.41) is 0.448. The molecule has 0 aromatic heterocycles. The number of hydrogen-bond acceptors (Lipinski definition) is 12. The minimum absolute atomic E-state index is 0.112. The number of ether oxygens (including phenoxy) is 4. The average molecular weight is 673 g/mol. The molecule has 0 bridgehead atoms. The standard InChI is InChI=1S/C28H32O12Si4/c1-33-21-5-13-25(14-6-21)41(29)37-42(30,26-15-7-22(34-2)8-16-26)39-44(32,28-19-11-24(36-4)12-20-28)40-43(31,38-41)27-17-9-23(35-3)10-18-27/h5-20,29-32H,1-4H3. The van der Waals surface area contributed by atoms with Crippen LogP contribution in [0.3, 0.4) is 0 Å². The Hall–Kier alpha value is -3.37. The summed E-state index contributed by atoms with van der Waals surface area (Å²) in [6.07, 6.45) is 0. The summed E-state index contributed by atoms with van der Waals surface area (Å²) in [7, 11) is -13.4. The van der Waals surface area contributed by atoms with Crippen LogP contribution in [0.2, 0.25) is 0 Å². The average Bonchev–Trinajstić information content (AvgIpc) is 3.04. The summed E-state index contributed by atoms with van der Waals surface area (Å²) in [5.74, 6) is 1.93. The van der Waals surface area contributed by atoms with Crippen molar-refractivity contribution in [1.29, 1.82) is 0 Å². The highest BCUT2D eigenvalue weighted by Crippen LogP contribution is 2.28. The maximum atomic E-state index is 12.2. The Labute approximate surface area is 258 Å². The molecule has 232 valence electrons. The molecule has 1 aliphatic rings. The van der Waals surface area contributed by atoms with Crippen LogP contribution in [0.4, 0.5) is 0 Å². The van der Waals surface area contributed by atoms with Gasteiger partial charge < -0.3 is 54.6 Å². The molecule has 0 atom stereocenters. The quantitative estimate of drug-likeness (QED) is 0.178. The van der Waals surface area contributed by atoms with Gasteiger partial charge in [0.1, 0.15) is 23.0 Å². The van der Waals surface area contributed by atoms with Crippen molar-refractivity contribution in [3.63, 3.8) is 0 Å². The fraction of sp³-hybridized carbons (Fsp3) is 0.143. The van der Waals surface area contributed by atoms with Gasteiger partial charge in [-0.05, 0) is 48.5 Å². The second-order valence-electron chi connectivity index (χ2n) is 9.65. The first-order valence-electron chi connectivity index (χ1n) is 13.3. The Morgan fingerprint density at radius 3 is 0.636 bits per heavy atom. The summed E-state index contributed by atoms with van der Waals surface area (Å²) in [6, 6.07) is 24.5. The molecule has 4 N–H and O–H groups in total. The largest absolute Gasteiger partial charge is 0.520 e. The molecule has 0 radical (unpaired) electrons. The van der Waals surface area contributed by atoms with E-state index < -0.39 is 35.2 Å². The first-order valence-corrected chi connectivity index (χ1v) is 20.3. The Balaban J connectivity index is 1.71. The van der Waals surface area contributed by atoms with E-state index in [0.29, 0.717) is 23.0 Å². The molecule has 12 nitrogen and oxygen atoms in total. The van der Waals surface area contributed by atoms with Crippen molar-refractivity contribution in [1.82, 2.24) is 0 Å². The molecule has 1 saturated heterocycles. The SMILES string of the molecule is COc1ccc([Si]2(O)O[Si](O)(c3ccc(OC)cc3)O[Si](O)(c3ccc(OC)cc3)O[Si](O)(c3ccc(OC)cc3)O2)cc1. The Kier molecular flexibility index (Phi) is 9.14. The Morgan fingerprint density at radius 2 is 0.500 bits per heavy atom. The van der Waals surface area contributed by atoms with Crippen LogP contribution in [0.25, 0.3) is 0 Å². The number of hydrogen-bond donors (Lipinski definition) is 4. The summed E-state index contributed by atoms with van der Waals surface area (Å²) in [4.78, 5) is 48.9. The highest BCUT2D eigenvalue weighted by Gasteiger charge is 2.67. The van der Waals surface area contributed by atoms with Gasteiger partial charge in [-0.2, -0.15) is 0 Å². The smallest absolute Gasteiger partial charge is 0.497 e. The van der Waals surface area contributed by atoms with E-state index in [1.54, 1.807) is 48.5 Å². The third kappa shape index (κ3) is 6.37. The molecule has 0 saturated carbocycles. The number of benzene rings is 4. The summed E-state index contributed by atoms with van der Waals surface area (Å²) in [5.41, 5.74) is 0. The zero-order chi connectivity index (χ0) is 31.6. The van der Waals surface area contributed by atoms with Crippen LogP contribution in [0.15, 0.2) is 97.1 Å². The molecule has 4 aromatic carbocycles. The van der Waals surface area contributed by atoms with Crippen LogP contribution in [0.5, 0.6) is 23.0 Å². The van der Waals surface area contributed by atoms with Gasteiger partial charge >= 0.3 is 35.2 Å². The van der Waals surface area contributed by atoms with Crippen LogP contribution >= 0.6 is 0 Å². The molecule has 1 aliphatic heterocycles. The lowest BCUT2D eigenvalue weighted by Gasteiger charge is -2.44. The highest BCUT2D eigenvalue weighted by molar-refractivity contribution is 7.00. The molecule has 44 heavy (non-hydrogen) atoms. The Morgan fingerprint density at radius 1 is 0.341 bits per heavy atom. The van der Waals surface area contributed by atoms with Crippen LogP contribution in [-0.4, -0.2) is 82.8 Å². The molecular weight excluding hydrogens is 641 g/mol. The molecule has 0 unspecified atom stereocenters. The molecule has 0 aliphatic carbocycles. The van der Waals surface area contributed by atoms with Crippen molar-refractivity contribution < 1.29 is 54.6 Å².